The number of carbonyl (C=O) groups excluding carboxylic acids is 2. The third-order valence-electron chi connectivity index (χ3n) is 7.25. The van der Waals surface area contributed by atoms with Gasteiger partial charge in [0.15, 0.2) is 6.04 Å². The van der Waals surface area contributed by atoms with Gasteiger partial charge in [-0.3, -0.25) is 9.28 Å². The number of benzene rings is 1. The quantitative estimate of drug-likeness (QED) is 0.411. The van der Waals surface area contributed by atoms with Crippen molar-refractivity contribution in [2.24, 2.45) is 17.6 Å². The topological polar surface area (TPSA) is 83.9 Å². The van der Waals surface area contributed by atoms with Gasteiger partial charge in [-0.2, -0.15) is 5.26 Å². The predicted octanol–water partition coefficient (Wildman–Crippen LogP) is 4.70. The van der Waals surface area contributed by atoms with E-state index in [0.717, 1.165) is 44.2 Å². The first kappa shape index (κ1) is 25.1. The van der Waals surface area contributed by atoms with E-state index in [1.54, 1.807) is 0 Å². The monoisotopic (exact) mass is 426 g/mol. The number of carbonyl (C=O) groups is 2. The summed E-state index contributed by atoms with van der Waals surface area (Å²) in [5, 5.41) is 10.1. The van der Waals surface area contributed by atoms with Gasteiger partial charge in [-0.05, 0) is 36.7 Å². The van der Waals surface area contributed by atoms with E-state index in [4.69, 9.17) is 5.73 Å². The SMILES string of the molecule is CC(C)CC[N@+]1(C(=O)CCCC[C@@](C#N)(c2ccccc2)C(C)C)CCCC1C(N)=O. The Morgan fingerprint density at radius 1 is 1.19 bits per heavy atom. The molecule has 0 saturated carbocycles. The number of primary amides is 1. The normalized spacial score (nSPS) is 22.9. The van der Waals surface area contributed by atoms with Gasteiger partial charge in [0.1, 0.15) is 0 Å². The minimum absolute atomic E-state index is 0.147. The Kier molecular flexibility index (Phi) is 8.82. The average molecular weight is 427 g/mol. The number of quaternary nitrogens is 1. The van der Waals surface area contributed by atoms with Crippen LogP contribution in [0, 0.1) is 23.2 Å². The van der Waals surface area contributed by atoms with Crippen molar-refractivity contribution in [2.45, 2.75) is 84.1 Å². The van der Waals surface area contributed by atoms with E-state index in [1.165, 1.54) is 0 Å². The first-order valence-electron chi connectivity index (χ1n) is 11.9. The fourth-order valence-corrected chi connectivity index (χ4v) is 5.19. The molecule has 0 bridgehead atoms. The van der Waals surface area contributed by atoms with Crippen molar-refractivity contribution in [2.75, 3.05) is 13.1 Å². The zero-order valence-electron chi connectivity index (χ0n) is 19.8. The lowest BCUT2D eigenvalue weighted by Gasteiger charge is -2.37. The van der Waals surface area contributed by atoms with Crippen LogP contribution in [0.1, 0.15) is 78.2 Å². The fourth-order valence-electron chi connectivity index (χ4n) is 5.19. The van der Waals surface area contributed by atoms with Crippen molar-refractivity contribution in [3.63, 3.8) is 0 Å². The van der Waals surface area contributed by atoms with Gasteiger partial charge in [-0.25, -0.2) is 4.79 Å². The summed E-state index contributed by atoms with van der Waals surface area (Å²) in [5.74, 6) is 0.457. The number of amides is 2. The zero-order valence-corrected chi connectivity index (χ0v) is 19.8. The summed E-state index contributed by atoms with van der Waals surface area (Å²) in [5.41, 5.74) is 6.21. The molecule has 2 N–H and O–H groups in total. The molecule has 1 fully saturated rings. The van der Waals surface area contributed by atoms with Crippen molar-refractivity contribution in [3.8, 4) is 6.07 Å². The third-order valence-corrected chi connectivity index (χ3v) is 7.25. The molecule has 0 aliphatic carbocycles. The lowest BCUT2D eigenvalue weighted by atomic mass is 9.69. The first-order valence-corrected chi connectivity index (χ1v) is 11.9. The molecule has 0 aromatic heterocycles. The van der Waals surface area contributed by atoms with E-state index in [0.29, 0.717) is 25.3 Å². The van der Waals surface area contributed by atoms with Crippen molar-refractivity contribution < 1.29 is 14.1 Å². The predicted molar refractivity (Wildman–Crippen MR) is 124 cm³/mol. The second-order valence-electron chi connectivity index (χ2n) is 9.93. The fraction of sp³-hybridized carbons (Fsp3) is 0.654. The van der Waals surface area contributed by atoms with E-state index >= 15 is 0 Å². The molecule has 1 aliphatic heterocycles. The smallest absolute Gasteiger partial charge is 0.314 e. The van der Waals surface area contributed by atoms with Gasteiger partial charge in [0.25, 0.3) is 5.91 Å². The van der Waals surface area contributed by atoms with Crippen LogP contribution < -0.4 is 5.73 Å². The highest BCUT2D eigenvalue weighted by molar-refractivity contribution is 5.82. The highest BCUT2D eigenvalue weighted by atomic mass is 16.2. The summed E-state index contributed by atoms with van der Waals surface area (Å²) in [7, 11) is 0. The molecule has 1 unspecified atom stereocenters. The highest BCUT2D eigenvalue weighted by Crippen LogP contribution is 2.37. The number of hydrogen-bond donors (Lipinski definition) is 1. The first-order chi connectivity index (χ1) is 14.7. The molecule has 0 spiro atoms. The molecule has 5 heteroatoms. The van der Waals surface area contributed by atoms with Crippen LogP contribution in [0.5, 0.6) is 0 Å². The van der Waals surface area contributed by atoms with Crippen molar-refractivity contribution >= 4 is 11.8 Å². The van der Waals surface area contributed by atoms with Gasteiger partial charge in [-0.15, -0.1) is 0 Å². The Labute approximate surface area is 188 Å². The molecule has 2 amide bonds. The molecule has 31 heavy (non-hydrogen) atoms. The van der Waals surface area contributed by atoms with E-state index in [-0.39, 0.29) is 28.3 Å². The number of nitrogens with two attached hydrogens (primary N) is 1. The van der Waals surface area contributed by atoms with Crippen molar-refractivity contribution in [3.05, 3.63) is 35.9 Å². The summed E-state index contributed by atoms with van der Waals surface area (Å²) in [6.45, 7) is 9.89. The number of nitrogens with zero attached hydrogens (tertiary/aromatic N) is 2. The van der Waals surface area contributed by atoms with Crippen LogP contribution in [-0.4, -0.2) is 35.4 Å². The van der Waals surface area contributed by atoms with Crippen LogP contribution in [0.25, 0.3) is 0 Å². The van der Waals surface area contributed by atoms with Crippen LogP contribution in [0.15, 0.2) is 30.3 Å². The molecule has 1 aromatic carbocycles. The summed E-state index contributed by atoms with van der Waals surface area (Å²) in [6, 6.07) is 12.2. The van der Waals surface area contributed by atoms with Crippen molar-refractivity contribution in [1.29, 1.82) is 5.26 Å². The highest BCUT2D eigenvalue weighted by Gasteiger charge is 2.50. The lowest BCUT2D eigenvalue weighted by molar-refractivity contribution is -0.858. The van der Waals surface area contributed by atoms with E-state index < -0.39 is 5.41 Å². The molecule has 1 aromatic rings. The summed E-state index contributed by atoms with van der Waals surface area (Å²) in [6.07, 6.45) is 5.19. The molecule has 3 atom stereocenters. The van der Waals surface area contributed by atoms with Gasteiger partial charge in [0, 0.05) is 12.8 Å². The summed E-state index contributed by atoms with van der Waals surface area (Å²) in [4.78, 5) is 25.5. The van der Waals surface area contributed by atoms with Crippen molar-refractivity contribution in [1.82, 2.24) is 0 Å². The van der Waals surface area contributed by atoms with Gasteiger partial charge < -0.3 is 5.73 Å². The van der Waals surface area contributed by atoms with E-state index in [2.05, 4.69) is 33.8 Å². The van der Waals surface area contributed by atoms with Gasteiger partial charge in [-0.1, -0.05) is 64.4 Å². The molecule has 1 heterocycles. The minimum Gasteiger partial charge on any atom is -0.364 e. The van der Waals surface area contributed by atoms with Gasteiger partial charge in [0.05, 0.1) is 31.0 Å². The largest absolute Gasteiger partial charge is 0.364 e. The number of hydrogen-bond acceptors (Lipinski definition) is 3. The molecule has 5 nitrogen and oxygen atoms in total. The molecular weight excluding hydrogens is 386 g/mol. The summed E-state index contributed by atoms with van der Waals surface area (Å²) < 4.78 is 0.236. The Hall–Kier alpha value is -2.19. The second kappa shape index (κ2) is 10.9. The Bertz CT molecular complexity index is 784. The maximum absolute atomic E-state index is 13.4. The molecule has 170 valence electrons. The zero-order chi connectivity index (χ0) is 23.1. The molecule has 1 saturated heterocycles. The van der Waals surface area contributed by atoms with E-state index in [1.807, 2.05) is 30.3 Å². The maximum Gasteiger partial charge on any atom is 0.314 e. The lowest BCUT2D eigenvalue weighted by Crippen LogP contribution is -2.60. The molecule has 0 radical (unpaired) electrons. The van der Waals surface area contributed by atoms with Gasteiger partial charge >= 0.3 is 5.91 Å². The van der Waals surface area contributed by atoms with Crippen LogP contribution in [0.2, 0.25) is 0 Å². The van der Waals surface area contributed by atoms with Crippen LogP contribution in [0.3, 0.4) is 0 Å². The number of rotatable bonds is 11. The number of unbranched alkanes of at least 4 members (excludes halogenated alkanes) is 1. The van der Waals surface area contributed by atoms with Crippen LogP contribution in [-0.2, 0) is 15.0 Å². The van der Waals surface area contributed by atoms with E-state index in [9.17, 15) is 14.9 Å². The molecule has 1 aliphatic rings. The average Bonchev–Trinajstić information content (AvgIpc) is 3.18. The maximum atomic E-state index is 13.4. The summed E-state index contributed by atoms with van der Waals surface area (Å²) >= 11 is 0. The number of likely N-dealkylation sites (tertiary alicyclic amines) is 1. The Balaban J connectivity index is 2.07. The second-order valence-corrected chi connectivity index (χ2v) is 9.93. The molecule has 2 rings (SSSR count). The molecular formula is C26H40N3O2+. The van der Waals surface area contributed by atoms with Crippen LogP contribution >= 0.6 is 0 Å². The Morgan fingerprint density at radius 2 is 1.87 bits per heavy atom. The Morgan fingerprint density at radius 3 is 2.42 bits per heavy atom. The number of nitriles is 1. The standard InChI is InChI=1S/C26H39N3O2/c1-20(2)15-18-29(17-10-13-23(29)25(28)31)24(30)14-8-9-16-26(19-27,21(3)4)22-11-6-5-7-12-22/h5-7,11-12,20-21,23H,8-10,13-18H2,1-4H3,(H-,28,31)/p+1/t23?,26-,29+/m0/s1. The van der Waals surface area contributed by atoms with Gasteiger partial charge in [0.2, 0.25) is 0 Å². The van der Waals surface area contributed by atoms with Crippen LogP contribution in [0.4, 0.5) is 0 Å². The third kappa shape index (κ3) is 5.54. The minimum atomic E-state index is -0.544.